The molecule has 3 heterocycles. The van der Waals surface area contributed by atoms with Crippen LogP contribution in [-0.4, -0.2) is 54.2 Å². The van der Waals surface area contributed by atoms with Gasteiger partial charge in [0.1, 0.15) is 0 Å². The van der Waals surface area contributed by atoms with Gasteiger partial charge in [-0.05, 0) is 31.9 Å². The van der Waals surface area contributed by atoms with E-state index in [0.29, 0.717) is 12.4 Å². The summed E-state index contributed by atoms with van der Waals surface area (Å²) in [5, 5.41) is 19.7. The van der Waals surface area contributed by atoms with E-state index in [0.717, 1.165) is 54.4 Å². The van der Waals surface area contributed by atoms with Gasteiger partial charge in [0, 0.05) is 13.1 Å². The van der Waals surface area contributed by atoms with Crippen molar-refractivity contribution in [3.8, 4) is 5.75 Å². The molecule has 0 unspecified atom stereocenters. The number of piperidine rings is 1. The number of aromatic nitrogens is 2. The average molecular weight is 357 g/mol. The number of amides is 1. The molecule has 0 spiro atoms. The predicted molar refractivity (Wildman–Crippen MR) is 98.2 cm³/mol. The molecule has 8 nitrogen and oxygen atoms in total. The van der Waals surface area contributed by atoms with Gasteiger partial charge in [0.05, 0.1) is 42.6 Å². The van der Waals surface area contributed by atoms with Crippen LogP contribution in [0.5, 0.6) is 5.75 Å². The molecule has 1 amide bonds. The summed E-state index contributed by atoms with van der Waals surface area (Å²) in [6.45, 7) is 3.83. The molecule has 0 bridgehead atoms. The number of fused-ring (bicyclic) bond motifs is 1. The summed E-state index contributed by atoms with van der Waals surface area (Å²) in [6.07, 6.45) is 1.27. The molecule has 2 aliphatic heterocycles. The monoisotopic (exact) mass is 357 g/mol. The summed E-state index contributed by atoms with van der Waals surface area (Å²) in [5.41, 5.74) is 3.88. The van der Waals surface area contributed by atoms with Crippen LogP contribution >= 0.6 is 0 Å². The van der Waals surface area contributed by atoms with Crippen LogP contribution in [0.4, 0.5) is 17.1 Å². The Bertz CT molecular complexity index is 826. The van der Waals surface area contributed by atoms with E-state index < -0.39 is 0 Å². The lowest BCUT2D eigenvalue weighted by Gasteiger charge is -2.35. The Kier molecular flexibility index (Phi) is 4.20. The molecule has 4 rings (SSSR count). The Morgan fingerprint density at radius 2 is 2.00 bits per heavy atom. The van der Waals surface area contributed by atoms with Crippen molar-refractivity contribution in [2.75, 3.05) is 36.7 Å². The summed E-state index contributed by atoms with van der Waals surface area (Å²) >= 11 is 0. The Balaban J connectivity index is 1.76. The maximum Gasteiger partial charge on any atom is 0.275 e. The molecule has 1 aromatic carbocycles. The third kappa shape index (κ3) is 2.66. The Hall–Kier alpha value is -2.74. The van der Waals surface area contributed by atoms with Crippen molar-refractivity contribution >= 4 is 23.0 Å². The number of aliphatic hydroxyl groups excluding tert-OH is 1. The molecule has 1 aromatic heterocycles. The highest BCUT2D eigenvalue weighted by Crippen LogP contribution is 2.43. The molecule has 0 radical (unpaired) electrons. The first-order valence-electron chi connectivity index (χ1n) is 8.81. The quantitative estimate of drug-likeness (QED) is 0.771. The van der Waals surface area contributed by atoms with Gasteiger partial charge in [-0.15, -0.1) is 0 Å². The molecule has 2 aliphatic rings. The third-order valence-corrected chi connectivity index (χ3v) is 5.07. The largest absolute Gasteiger partial charge is 0.492 e. The summed E-state index contributed by atoms with van der Waals surface area (Å²) in [4.78, 5) is 16.3. The second-order valence-corrected chi connectivity index (χ2v) is 6.69. The lowest BCUT2D eigenvalue weighted by atomic mass is 10.1. The van der Waals surface area contributed by atoms with Crippen molar-refractivity contribution in [1.29, 1.82) is 0 Å². The summed E-state index contributed by atoms with van der Waals surface area (Å²) in [6, 6.07) is 6.00. The first kappa shape index (κ1) is 16.7. The van der Waals surface area contributed by atoms with Gasteiger partial charge in [0.2, 0.25) is 0 Å². The number of ether oxygens (including phenoxy) is 1. The third-order valence-electron chi connectivity index (χ3n) is 5.07. The lowest BCUT2D eigenvalue weighted by molar-refractivity contribution is 0.0944. The van der Waals surface area contributed by atoms with Crippen molar-refractivity contribution in [2.45, 2.75) is 25.9 Å². The van der Waals surface area contributed by atoms with Gasteiger partial charge in [0.15, 0.2) is 11.4 Å². The molecule has 8 heteroatoms. The number of carbonyl (C=O) groups excluding carboxylic acids is 1. The number of hydrogen-bond donors (Lipinski definition) is 3. The number of nitrogens with zero attached hydrogens (tertiary/aromatic N) is 3. The van der Waals surface area contributed by atoms with Crippen molar-refractivity contribution in [3.05, 3.63) is 29.6 Å². The van der Waals surface area contributed by atoms with Crippen LogP contribution in [0.15, 0.2) is 18.2 Å². The number of hydrogen-bond acceptors (Lipinski definition) is 6. The number of methoxy groups -OCH3 is 1. The van der Waals surface area contributed by atoms with Crippen LogP contribution in [0.1, 0.15) is 29.0 Å². The number of benzene rings is 1. The minimum atomic E-state index is -0.228. The van der Waals surface area contributed by atoms with Gasteiger partial charge in [-0.1, -0.05) is 6.07 Å². The standard InChI is InChI=1S/C18H23N5O3/c1-11-16-15(21-20-11)18(25)19-10-23(16)14-5-3-4-13(17(14)26-2)22-8-6-12(24)7-9-22/h3-5,12,24H,6-10H2,1-2H3,(H,19,25)(H,20,21). The van der Waals surface area contributed by atoms with Gasteiger partial charge in [-0.25, -0.2) is 0 Å². The van der Waals surface area contributed by atoms with E-state index in [2.05, 4.69) is 20.4 Å². The number of anilines is 3. The number of para-hydroxylation sites is 1. The number of aryl methyl sites for hydroxylation is 1. The maximum atomic E-state index is 12.1. The predicted octanol–water partition coefficient (Wildman–Crippen LogP) is 1.53. The van der Waals surface area contributed by atoms with Crippen LogP contribution in [-0.2, 0) is 0 Å². The normalized spacial score (nSPS) is 17.9. The fourth-order valence-corrected chi connectivity index (χ4v) is 3.72. The van der Waals surface area contributed by atoms with Gasteiger partial charge in [0.25, 0.3) is 5.91 Å². The Morgan fingerprint density at radius 3 is 2.73 bits per heavy atom. The van der Waals surface area contributed by atoms with Gasteiger partial charge in [-0.3, -0.25) is 9.89 Å². The van der Waals surface area contributed by atoms with Crippen molar-refractivity contribution in [3.63, 3.8) is 0 Å². The molecule has 0 atom stereocenters. The number of aromatic amines is 1. The number of aliphatic hydroxyl groups is 1. The zero-order valence-electron chi connectivity index (χ0n) is 15.0. The summed E-state index contributed by atoms with van der Waals surface area (Å²) in [7, 11) is 1.66. The molecule has 138 valence electrons. The topological polar surface area (TPSA) is 93.7 Å². The zero-order valence-corrected chi connectivity index (χ0v) is 15.0. The van der Waals surface area contributed by atoms with Crippen molar-refractivity contribution in [2.24, 2.45) is 0 Å². The van der Waals surface area contributed by atoms with Crippen LogP contribution in [0.2, 0.25) is 0 Å². The second-order valence-electron chi connectivity index (χ2n) is 6.69. The van der Waals surface area contributed by atoms with Crippen molar-refractivity contribution in [1.82, 2.24) is 15.5 Å². The molecule has 26 heavy (non-hydrogen) atoms. The number of carbonyl (C=O) groups is 1. The van der Waals surface area contributed by atoms with Gasteiger partial charge < -0.3 is 25.0 Å². The SMILES string of the molecule is COc1c(N2CCC(O)CC2)cccc1N1CNC(=O)c2n[nH]c(C)c21. The summed E-state index contributed by atoms with van der Waals surface area (Å²) in [5.74, 6) is 0.576. The molecule has 2 aromatic rings. The number of H-pyrrole nitrogens is 1. The van der Waals surface area contributed by atoms with Gasteiger partial charge in [-0.2, -0.15) is 5.10 Å². The highest BCUT2D eigenvalue weighted by Gasteiger charge is 2.31. The zero-order chi connectivity index (χ0) is 18.3. The summed E-state index contributed by atoms with van der Waals surface area (Å²) < 4.78 is 5.78. The Morgan fingerprint density at radius 1 is 1.27 bits per heavy atom. The first-order valence-corrected chi connectivity index (χ1v) is 8.81. The van der Waals surface area contributed by atoms with Crippen LogP contribution in [0.25, 0.3) is 0 Å². The van der Waals surface area contributed by atoms with Crippen LogP contribution in [0, 0.1) is 6.92 Å². The second kappa shape index (κ2) is 6.53. The minimum Gasteiger partial charge on any atom is -0.492 e. The maximum absolute atomic E-state index is 12.1. The highest BCUT2D eigenvalue weighted by molar-refractivity contribution is 6.02. The molecule has 0 aliphatic carbocycles. The fourth-order valence-electron chi connectivity index (χ4n) is 3.72. The molecule has 1 fully saturated rings. The van der Waals surface area contributed by atoms with E-state index >= 15 is 0 Å². The molecule has 3 N–H and O–H groups in total. The first-order chi connectivity index (χ1) is 12.6. The number of nitrogens with one attached hydrogen (secondary N) is 2. The van der Waals surface area contributed by atoms with E-state index in [4.69, 9.17) is 4.74 Å². The minimum absolute atomic E-state index is 0.180. The fraction of sp³-hybridized carbons (Fsp3) is 0.444. The van der Waals surface area contributed by atoms with Crippen LogP contribution in [0.3, 0.4) is 0 Å². The van der Waals surface area contributed by atoms with E-state index in [-0.39, 0.29) is 12.0 Å². The smallest absolute Gasteiger partial charge is 0.275 e. The number of rotatable bonds is 3. The molecule has 1 saturated heterocycles. The van der Waals surface area contributed by atoms with Crippen LogP contribution < -0.4 is 19.9 Å². The lowest BCUT2D eigenvalue weighted by Crippen LogP contribution is -2.41. The molecular weight excluding hydrogens is 334 g/mol. The van der Waals surface area contributed by atoms with E-state index in [1.165, 1.54) is 0 Å². The molecule has 0 saturated carbocycles. The van der Waals surface area contributed by atoms with Gasteiger partial charge >= 0.3 is 0 Å². The van der Waals surface area contributed by atoms with Crippen molar-refractivity contribution < 1.29 is 14.6 Å². The van der Waals surface area contributed by atoms with E-state index in [1.807, 2.05) is 30.0 Å². The van der Waals surface area contributed by atoms with E-state index in [1.54, 1.807) is 7.11 Å². The highest BCUT2D eigenvalue weighted by atomic mass is 16.5. The molecular formula is C18H23N5O3. The average Bonchev–Trinajstić information content (AvgIpc) is 3.05. The Labute approximate surface area is 151 Å². The van der Waals surface area contributed by atoms with E-state index in [9.17, 15) is 9.90 Å².